The van der Waals surface area contributed by atoms with Crippen LogP contribution in [-0.2, 0) is 4.79 Å². The maximum atomic E-state index is 13.1. The molecule has 1 aliphatic carbocycles. The van der Waals surface area contributed by atoms with E-state index < -0.39 is 0 Å². The fraction of sp³-hybridized carbons (Fsp3) is 0.421. The third-order valence-electron chi connectivity index (χ3n) is 5.99. The first-order valence-corrected chi connectivity index (χ1v) is 9.38. The van der Waals surface area contributed by atoms with Crippen LogP contribution in [0, 0.1) is 24.2 Å². The summed E-state index contributed by atoms with van der Waals surface area (Å²) in [5.41, 5.74) is 1.49. The molecule has 1 aromatic heterocycles. The summed E-state index contributed by atoms with van der Waals surface area (Å²) < 4.78 is 2.85. The first-order valence-electron chi connectivity index (χ1n) is 9.00. The van der Waals surface area contributed by atoms with Crippen molar-refractivity contribution in [1.82, 2.24) is 14.0 Å². The number of fused-ring (bicyclic) bond motifs is 5. The monoisotopic (exact) mass is 384 g/mol. The van der Waals surface area contributed by atoms with Gasteiger partial charge in [0.2, 0.25) is 11.8 Å². The van der Waals surface area contributed by atoms with Crippen LogP contribution >= 0.6 is 11.6 Å². The summed E-state index contributed by atoms with van der Waals surface area (Å²) in [6.07, 6.45) is 2.52. The molecular formula is C19H17ClN4O3. The zero-order valence-electron chi connectivity index (χ0n) is 14.6. The predicted molar refractivity (Wildman–Crippen MR) is 97.0 cm³/mol. The summed E-state index contributed by atoms with van der Waals surface area (Å²) in [7, 11) is 0. The van der Waals surface area contributed by atoms with E-state index in [2.05, 4.69) is 0 Å². The Balaban J connectivity index is 1.64. The molecule has 1 amide bonds. The summed E-state index contributed by atoms with van der Waals surface area (Å²) in [5.74, 6) is 0.0870. The number of nitriles is 1. The Morgan fingerprint density at radius 2 is 2.11 bits per heavy atom. The van der Waals surface area contributed by atoms with Gasteiger partial charge in [0.25, 0.3) is 0 Å². The lowest BCUT2D eigenvalue weighted by Crippen LogP contribution is -2.38. The molecule has 1 aromatic carbocycles. The van der Waals surface area contributed by atoms with Gasteiger partial charge < -0.3 is 10.0 Å². The minimum absolute atomic E-state index is 0.105. The zero-order chi connectivity index (χ0) is 19.0. The molecule has 8 heteroatoms. The molecule has 0 spiro atoms. The van der Waals surface area contributed by atoms with E-state index in [1.807, 2.05) is 11.0 Å². The van der Waals surface area contributed by atoms with Gasteiger partial charge in [-0.05, 0) is 43.9 Å². The second-order valence-corrected chi connectivity index (χ2v) is 7.93. The number of carbonyl (C=O) groups is 1. The van der Waals surface area contributed by atoms with Gasteiger partial charge in [0.05, 0.1) is 28.4 Å². The number of hydrogen-bond acceptors (Lipinski definition) is 4. The van der Waals surface area contributed by atoms with Crippen molar-refractivity contribution < 1.29 is 9.90 Å². The smallest absolute Gasteiger partial charge is 0.336 e. The summed E-state index contributed by atoms with van der Waals surface area (Å²) in [4.78, 5) is 27.4. The molecule has 2 aromatic rings. The molecule has 2 fully saturated rings. The third kappa shape index (κ3) is 2.07. The van der Waals surface area contributed by atoms with Gasteiger partial charge in [-0.15, -0.1) is 0 Å². The van der Waals surface area contributed by atoms with Crippen molar-refractivity contribution in [2.75, 3.05) is 6.54 Å². The van der Waals surface area contributed by atoms with E-state index >= 15 is 0 Å². The first-order chi connectivity index (χ1) is 12.9. The van der Waals surface area contributed by atoms with Gasteiger partial charge in [-0.3, -0.25) is 9.36 Å². The predicted octanol–water partition coefficient (Wildman–Crippen LogP) is 2.42. The van der Waals surface area contributed by atoms with Gasteiger partial charge in [0, 0.05) is 12.5 Å². The van der Waals surface area contributed by atoms with Gasteiger partial charge in [-0.25, -0.2) is 9.36 Å². The third-order valence-corrected chi connectivity index (χ3v) is 6.47. The van der Waals surface area contributed by atoms with Gasteiger partial charge in [-0.1, -0.05) is 11.6 Å². The Morgan fingerprint density at radius 3 is 2.78 bits per heavy atom. The van der Waals surface area contributed by atoms with E-state index in [4.69, 9.17) is 16.9 Å². The number of hydrogen-bond donors (Lipinski definition) is 1. The topological polar surface area (TPSA) is 91.3 Å². The average molecular weight is 385 g/mol. The lowest BCUT2D eigenvalue weighted by Gasteiger charge is -2.27. The van der Waals surface area contributed by atoms with Crippen LogP contribution in [0.3, 0.4) is 0 Å². The largest absolute Gasteiger partial charge is 0.493 e. The maximum Gasteiger partial charge on any atom is 0.336 e. The lowest BCUT2D eigenvalue weighted by molar-refractivity contribution is -0.134. The van der Waals surface area contributed by atoms with Crippen LogP contribution in [-0.4, -0.2) is 31.6 Å². The molecule has 27 heavy (non-hydrogen) atoms. The molecule has 5 rings (SSSR count). The number of carbonyl (C=O) groups excluding carboxylic acids is 1. The zero-order valence-corrected chi connectivity index (χ0v) is 15.4. The highest BCUT2D eigenvalue weighted by Gasteiger charge is 2.51. The molecular weight excluding hydrogens is 368 g/mol. The number of halogens is 1. The van der Waals surface area contributed by atoms with Crippen LogP contribution in [0.2, 0.25) is 5.02 Å². The van der Waals surface area contributed by atoms with E-state index in [0.29, 0.717) is 35.5 Å². The molecule has 7 nitrogen and oxygen atoms in total. The van der Waals surface area contributed by atoms with Crippen LogP contribution in [0.15, 0.2) is 16.9 Å². The van der Waals surface area contributed by atoms with Crippen LogP contribution in [0.4, 0.5) is 0 Å². The highest BCUT2D eigenvalue weighted by Crippen LogP contribution is 2.50. The Bertz CT molecular complexity index is 1110. The molecule has 2 unspecified atom stereocenters. The quantitative estimate of drug-likeness (QED) is 0.860. The number of benzene rings is 1. The Kier molecular flexibility index (Phi) is 3.29. The summed E-state index contributed by atoms with van der Waals surface area (Å²) in [6.45, 7) is 2.23. The molecule has 2 aliphatic heterocycles. The molecule has 1 N–H and O–H groups in total. The molecule has 1 saturated carbocycles. The molecule has 1 saturated heterocycles. The molecule has 3 aliphatic rings. The van der Waals surface area contributed by atoms with E-state index in [9.17, 15) is 14.7 Å². The van der Waals surface area contributed by atoms with Gasteiger partial charge >= 0.3 is 5.69 Å². The number of aromatic nitrogens is 2. The number of rotatable bonds is 2. The van der Waals surface area contributed by atoms with Crippen molar-refractivity contribution in [3.8, 4) is 17.6 Å². The normalized spacial score (nSPS) is 22.8. The van der Waals surface area contributed by atoms with Crippen LogP contribution in [0.1, 0.15) is 48.2 Å². The Labute approximate surface area is 160 Å². The summed E-state index contributed by atoms with van der Waals surface area (Å²) >= 11 is 6.24. The molecule has 2 bridgehead atoms. The summed E-state index contributed by atoms with van der Waals surface area (Å²) in [5, 5.41) is 20.3. The van der Waals surface area contributed by atoms with Gasteiger partial charge in [0.15, 0.2) is 0 Å². The average Bonchev–Trinajstić information content (AvgIpc) is 3.25. The standard InChI is InChI=1S/C19H17ClN4O3/c1-9-13(5-4-11(7-21)15(9)20)24-18(26)16-14-6-12(23(16)19(24)27)8-22(14)17(25)10-2-3-10/h4-5,10,12,14,26H,2-3,6,8H2,1H3. The van der Waals surface area contributed by atoms with E-state index in [1.54, 1.807) is 17.6 Å². The van der Waals surface area contributed by atoms with E-state index in [1.165, 1.54) is 10.6 Å². The molecule has 2 atom stereocenters. The number of amides is 1. The Morgan fingerprint density at radius 1 is 1.37 bits per heavy atom. The fourth-order valence-electron chi connectivity index (χ4n) is 4.48. The van der Waals surface area contributed by atoms with E-state index in [-0.39, 0.29) is 40.5 Å². The Hall–Kier alpha value is -2.72. The van der Waals surface area contributed by atoms with Crippen molar-refractivity contribution in [2.24, 2.45) is 5.92 Å². The number of nitrogens with zero attached hydrogens (tertiary/aromatic N) is 4. The number of imidazole rings is 1. The fourth-order valence-corrected chi connectivity index (χ4v) is 4.68. The van der Waals surface area contributed by atoms with Crippen molar-refractivity contribution in [1.29, 1.82) is 5.26 Å². The number of aromatic hydroxyl groups is 1. The maximum absolute atomic E-state index is 13.1. The van der Waals surface area contributed by atoms with Crippen molar-refractivity contribution in [3.63, 3.8) is 0 Å². The highest BCUT2D eigenvalue weighted by atomic mass is 35.5. The van der Waals surface area contributed by atoms with E-state index in [0.717, 1.165) is 12.8 Å². The molecule has 3 heterocycles. The summed E-state index contributed by atoms with van der Waals surface area (Å²) in [6, 6.07) is 4.80. The molecule has 0 radical (unpaired) electrons. The SMILES string of the molecule is Cc1c(-n2c(O)c3n(c2=O)C2CC3N(C(=O)C3CC3)C2)ccc(C#N)c1Cl. The van der Waals surface area contributed by atoms with Crippen LogP contribution in [0.25, 0.3) is 5.69 Å². The van der Waals surface area contributed by atoms with Crippen molar-refractivity contribution >= 4 is 17.5 Å². The second-order valence-electron chi connectivity index (χ2n) is 7.55. The minimum atomic E-state index is -0.336. The lowest BCUT2D eigenvalue weighted by atomic mass is 10.1. The van der Waals surface area contributed by atoms with Crippen molar-refractivity contribution in [3.05, 3.63) is 44.5 Å². The highest BCUT2D eigenvalue weighted by molar-refractivity contribution is 6.32. The van der Waals surface area contributed by atoms with Gasteiger partial charge in [-0.2, -0.15) is 5.26 Å². The van der Waals surface area contributed by atoms with Crippen LogP contribution < -0.4 is 5.69 Å². The number of likely N-dealkylation sites (tertiary alicyclic amines) is 1. The van der Waals surface area contributed by atoms with Crippen LogP contribution in [0.5, 0.6) is 5.88 Å². The van der Waals surface area contributed by atoms with Crippen molar-refractivity contribution in [2.45, 2.75) is 38.3 Å². The van der Waals surface area contributed by atoms with Gasteiger partial charge in [0.1, 0.15) is 11.8 Å². The molecule has 138 valence electrons. The minimum Gasteiger partial charge on any atom is -0.493 e. The first kappa shape index (κ1) is 16.5. The second kappa shape index (κ2) is 5.40.